The predicted octanol–water partition coefficient (Wildman–Crippen LogP) is 3.64. The van der Waals surface area contributed by atoms with Crippen LogP contribution in [0.15, 0.2) is 47.4 Å². The van der Waals surface area contributed by atoms with Crippen molar-refractivity contribution >= 4 is 50.3 Å². The van der Waals surface area contributed by atoms with E-state index in [2.05, 4.69) is 0 Å². The Morgan fingerprint density at radius 3 is 2.22 bits per heavy atom. The number of amides is 3. The van der Waals surface area contributed by atoms with Crippen molar-refractivity contribution in [2.75, 3.05) is 41.1 Å². The number of carbonyl (C=O) groups is 3. The molecule has 0 saturated heterocycles. The topological polar surface area (TPSA) is 130 Å². The van der Waals surface area contributed by atoms with Gasteiger partial charge in [-0.3, -0.25) is 29.1 Å². The summed E-state index contributed by atoms with van der Waals surface area (Å²) in [7, 11) is 4.84. The van der Waals surface area contributed by atoms with Crippen molar-refractivity contribution in [1.82, 2.24) is 19.4 Å². The van der Waals surface area contributed by atoms with Gasteiger partial charge < -0.3 is 28.4 Å². The van der Waals surface area contributed by atoms with Gasteiger partial charge in [0.05, 0.1) is 30.6 Å². The molecule has 0 N–H and O–H groups in total. The zero-order valence-corrected chi connectivity index (χ0v) is 25.9. The maximum atomic E-state index is 14.2. The van der Waals surface area contributed by atoms with Crippen LogP contribution in [0, 0.1) is 11.8 Å². The molecule has 0 unspecified atom stereocenters. The van der Waals surface area contributed by atoms with Crippen molar-refractivity contribution in [3.8, 4) is 23.0 Å². The molecule has 3 aliphatic rings. The van der Waals surface area contributed by atoms with Gasteiger partial charge in [0.25, 0.3) is 17.4 Å². The van der Waals surface area contributed by atoms with Crippen molar-refractivity contribution in [2.45, 2.75) is 32.2 Å². The lowest BCUT2D eigenvalue weighted by molar-refractivity contribution is -0.139. The first-order chi connectivity index (χ1) is 22.3. The summed E-state index contributed by atoms with van der Waals surface area (Å²) in [5.41, 5.74) is 1.10. The van der Waals surface area contributed by atoms with E-state index in [9.17, 15) is 19.2 Å². The average molecular weight is 627 g/mol. The zero-order valence-electron chi connectivity index (χ0n) is 25.9. The molecular weight excluding hydrogens is 592 g/mol. The molecule has 1 fully saturated rings. The third kappa shape index (κ3) is 4.97. The maximum Gasteiger partial charge on any atom is 0.259 e. The number of hydrogen-bond acceptors (Lipinski definition) is 9. The van der Waals surface area contributed by atoms with Crippen LogP contribution in [0.4, 0.5) is 0 Å². The van der Waals surface area contributed by atoms with Crippen LogP contribution in [0.1, 0.15) is 25.7 Å². The Morgan fingerprint density at radius 1 is 0.891 bits per heavy atom. The highest BCUT2D eigenvalue weighted by molar-refractivity contribution is 6.15. The molecule has 238 valence electrons. The molecule has 1 saturated carbocycles. The van der Waals surface area contributed by atoms with Crippen molar-refractivity contribution in [3.05, 3.63) is 53.0 Å². The first-order valence-corrected chi connectivity index (χ1v) is 15.4. The third-order valence-corrected chi connectivity index (χ3v) is 9.47. The van der Waals surface area contributed by atoms with Crippen molar-refractivity contribution in [1.29, 1.82) is 0 Å². The van der Waals surface area contributed by atoms with Crippen LogP contribution in [-0.2, 0) is 20.9 Å². The summed E-state index contributed by atoms with van der Waals surface area (Å²) >= 11 is 0. The van der Waals surface area contributed by atoms with Gasteiger partial charge >= 0.3 is 0 Å². The zero-order chi connectivity index (χ0) is 32.1. The van der Waals surface area contributed by atoms with Gasteiger partial charge in [0.1, 0.15) is 0 Å². The van der Waals surface area contributed by atoms with E-state index < -0.39 is 0 Å². The second-order valence-electron chi connectivity index (χ2n) is 12.1. The highest BCUT2D eigenvalue weighted by Crippen LogP contribution is 2.40. The standard InChI is InChI=1S/C34H34N4O8/c1-36(33(41)20-6-4-19(5-7-20)17-38-30(39)8-9-31(38)40)10-11-37-32-23-14-28-29(46-18-45-28)15-25(23)35-16-24(32)21-12-26(43-2)27(44-3)13-22(21)34(37)42/h8-9,12-16,19-20H,4-7,10-11,17-18H2,1-3H3. The molecule has 2 aromatic carbocycles. The number of fused-ring (bicyclic) bond motifs is 6. The van der Waals surface area contributed by atoms with Crippen molar-refractivity contribution < 1.29 is 33.3 Å². The third-order valence-electron chi connectivity index (χ3n) is 9.47. The number of rotatable bonds is 8. The Bertz CT molecular complexity index is 1990. The normalized spacial score (nSPS) is 19.1. The summed E-state index contributed by atoms with van der Waals surface area (Å²) in [4.78, 5) is 59.4. The van der Waals surface area contributed by atoms with E-state index in [1.54, 1.807) is 42.0 Å². The lowest BCUT2D eigenvalue weighted by atomic mass is 9.81. The number of pyridine rings is 2. The second kappa shape index (κ2) is 11.7. The van der Waals surface area contributed by atoms with Crippen LogP contribution in [0.25, 0.3) is 32.6 Å². The molecule has 0 radical (unpaired) electrons. The predicted molar refractivity (Wildman–Crippen MR) is 169 cm³/mol. The quantitative estimate of drug-likeness (QED) is 0.213. The van der Waals surface area contributed by atoms with Crippen LogP contribution >= 0.6 is 0 Å². The van der Waals surface area contributed by atoms with Gasteiger partial charge in [-0.25, -0.2) is 0 Å². The fraction of sp³-hybridized carbons (Fsp3) is 0.382. The second-order valence-corrected chi connectivity index (χ2v) is 12.1. The minimum Gasteiger partial charge on any atom is -0.493 e. The number of methoxy groups -OCH3 is 2. The lowest BCUT2D eigenvalue weighted by Gasteiger charge is -2.32. The minimum absolute atomic E-state index is 0.0212. The summed E-state index contributed by atoms with van der Waals surface area (Å²) in [5.74, 6) is 1.60. The van der Waals surface area contributed by atoms with E-state index >= 15 is 0 Å². The number of nitrogens with zero attached hydrogens (tertiary/aromatic N) is 4. The summed E-state index contributed by atoms with van der Waals surface area (Å²) in [6, 6.07) is 7.13. The molecule has 0 bridgehead atoms. The Balaban J connectivity index is 1.18. The van der Waals surface area contributed by atoms with E-state index in [-0.39, 0.29) is 48.5 Å². The number of imide groups is 1. The number of aromatic nitrogens is 2. The molecule has 2 aromatic heterocycles. The van der Waals surface area contributed by atoms with Crippen LogP contribution < -0.4 is 24.5 Å². The minimum atomic E-state index is -0.272. The van der Waals surface area contributed by atoms with Crippen molar-refractivity contribution in [3.63, 3.8) is 0 Å². The molecule has 0 atom stereocenters. The molecule has 0 spiro atoms. The molecule has 12 nitrogen and oxygen atoms in total. The number of benzene rings is 2. The van der Waals surface area contributed by atoms with E-state index in [4.69, 9.17) is 23.9 Å². The van der Waals surface area contributed by atoms with Crippen molar-refractivity contribution in [2.24, 2.45) is 11.8 Å². The molecule has 3 amide bonds. The monoisotopic (exact) mass is 626 g/mol. The fourth-order valence-electron chi connectivity index (χ4n) is 6.93. The first kappa shape index (κ1) is 29.6. The van der Waals surface area contributed by atoms with Crippen LogP contribution in [0.2, 0.25) is 0 Å². The van der Waals surface area contributed by atoms with Crippen LogP contribution in [-0.4, -0.2) is 78.2 Å². The molecule has 46 heavy (non-hydrogen) atoms. The number of likely N-dealkylation sites (N-methyl/N-ethyl adjacent to an activating group) is 1. The molecular formula is C34H34N4O8. The van der Waals surface area contributed by atoms with Crippen LogP contribution in [0.5, 0.6) is 23.0 Å². The Kier molecular flexibility index (Phi) is 7.50. The first-order valence-electron chi connectivity index (χ1n) is 15.4. The SMILES string of the molecule is COc1cc2c(=O)n(CCN(C)C(=O)C3CCC(CN4C(=O)C=CC4=O)CC3)c3c4cc5c(cc4ncc3c2cc1OC)OCO5. The Labute approximate surface area is 264 Å². The lowest BCUT2D eigenvalue weighted by Crippen LogP contribution is -2.40. The summed E-state index contributed by atoms with van der Waals surface area (Å²) in [5, 5.41) is 2.60. The van der Waals surface area contributed by atoms with Gasteiger partial charge in [0, 0.05) is 73.2 Å². The molecule has 4 heterocycles. The highest BCUT2D eigenvalue weighted by atomic mass is 16.7. The Hall–Kier alpha value is -5.13. The fourth-order valence-corrected chi connectivity index (χ4v) is 6.93. The Morgan fingerprint density at radius 2 is 1.54 bits per heavy atom. The van der Waals surface area contributed by atoms with E-state index in [0.717, 1.165) is 23.6 Å². The number of ether oxygens (including phenoxy) is 4. The molecule has 7 rings (SSSR count). The summed E-state index contributed by atoms with van der Waals surface area (Å²) in [6.45, 7) is 1.05. The largest absolute Gasteiger partial charge is 0.493 e. The maximum absolute atomic E-state index is 14.2. The van der Waals surface area contributed by atoms with Gasteiger partial charge in [-0.05, 0) is 49.8 Å². The van der Waals surface area contributed by atoms with E-state index in [0.29, 0.717) is 70.7 Å². The van der Waals surface area contributed by atoms with E-state index in [1.807, 2.05) is 12.1 Å². The van der Waals surface area contributed by atoms with Gasteiger partial charge in [0.2, 0.25) is 12.7 Å². The summed E-state index contributed by atoms with van der Waals surface area (Å²) < 4.78 is 24.0. The number of carbonyl (C=O) groups excluding carboxylic acids is 3. The van der Waals surface area contributed by atoms with Gasteiger partial charge in [-0.15, -0.1) is 0 Å². The van der Waals surface area contributed by atoms with Gasteiger partial charge in [0.15, 0.2) is 23.0 Å². The van der Waals surface area contributed by atoms with Gasteiger partial charge in [-0.1, -0.05) is 0 Å². The summed E-state index contributed by atoms with van der Waals surface area (Å²) in [6.07, 6.45) is 7.24. The molecule has 1 aliphatic carbocycles. The molecule has 2 aliphatic heterocycles. The molecule has 4 aromatic rings. The molecule has 12 heteroatoms. The van der Waals surface area contributed by atoms with Crippen LogP contribution in [0.3, 0.4) is 0 Å². The smallest absolute Gasteiger partial charge is 0.259 e. The highest BCUT2D eigenvalue weighted by Gasteiger charge is 2.32. The van der Waals surface area contributed by atoms with Gasteiger partial charge in [-0.2, -0.15) is 0 Å². The van der Waals surface area contributed by atoms with E-state index in [1.165, 1.54) is 24.2 Å². The number of hydrogen-bond donors (Lipinski definition) is 0. The average Bonchev–Trinajstić information content (AvgIpc) is 3.67.